The van der Waals surface area contributed by atoms with Crippen molar-refractivity contribution >= 4 is 17.4 Å². The molecule has 0 bridgehead atoms. The molecule has 6 heteroatoms. The van der Waals surface area contributed by atoms with E-state index in [0.717, 1.165) is 0 Å². The van der Waals surface area contributed by atoms with Crippen LogP contribution in [0.5, 0.6) is 0 Å². The summed E-state index contributed by atoms with van der Waals surface area (Å²) in [4.78, 5) is 10.5. The Kier molecular flexibility index (Phi) is 5.25. The lowest BCUT2D eigenvalue weighted by atomic mass is 10.3. The molecule has 0 aromatic rings. The normalized spacial score (nSPS) is 12.8. The van der Waals surface area contributed by atoms with Crippen molar-refractivity contribution in [2.45, 2.75) is 20.3 Å². The number of rotatable bonds is 4. The van der Waals surface area contributed by atoms with Gasteiger partial charge in [-0.05, 0) is 13.8 Å². The third-order valence-corrected chi connectivity index (χ3v) is 1.13. The van der Waals surface area contributed by atoms with Gasteiger partial charge in [-0.1, -0.05) is 10.3 Å². The van der Waals surface area contributed by atoms with Gasteiger partial charge in [0.1, 0.15) is 6.61 Å². The second kappa shape index (κ2) is 5.99. The van der Waals surface area contributed by atoms with E-state index in [9.17, 15) is 4.79 Å². The maximum Gasteiger partial charge on any atom is 0.231 e. The zero-order chi connectivity index (χ0) is 10.3. The van der Waals surface area contributed by atoms with Crippen molar-refractivity contribution in [2.24, 2.45) is 10.3 Å². The molecule has 0 aliphatic rings. The van der Waals surface area contributed by atoms with Crippen LogP contribution in [-0.4, -0.2) is 34.4 Å². The first-order chi connectivity index (χ1) is 6.10. The minimum Gasteiger partial charge on any atom is -0.470 e. The molecule has 0 aromatic carbocycles. The van der Waals surface area contributed by atoms with E-state index in [-0.39, 0.29) is 24.7 Å². The van der Waals surface area contributed by atoms with Crippen molar-refractivity contribution in [2.75, 3.05) is 6.61 Å². The predicted molar refractivity (Wildman–Crippen MR) is 45.4 cm³/mol. The van der Waals surface area contributed by atoms with E-state index in [1.54, 1.807) is 0 Å². The van der Waals surface area contributed by atoms with Crippen LogP contribution in [0.15, 0.2) is 10.3 Å². The number of ketones is 1. The fraction of sp³-hybridized carbons (Fsp3) is 0.571. The van der Waals surface area contributed by atoms with Crippen LogP contribution in [0.2, 0.25) is 0 Å². The minimum absolute atomic E-state index is 0.0505. The maximum atomic E-state index is 10.5. The van der Waals surface area contributed by atoms with Gasteiger partial charge in [-0.15, -0.1) is 0 Å². The molecule has 2 N–H and O–H groups in total. The molecule has 0 atom stereocenters. The molecule has 0 aliphatic heterocycles. The summed E-state index contributed by atoms with van der Waals surface area (Å²) in [6.45, 7) is 2.72. The second-order valence-electron chi connectivity index (χ2n) is 2.50. The summed E-state index contributed by atoms with van der Waals surface area (Å²) >= 11 is 0. The first-order valence-electron chi connectivity index (χ1n) is 3.60. The molecular formula is C7H12N2O4. The van der Waals surface area contributed by atoms with Crippen LogP contribution in [-0.2, 0) is 9.53 Å². The summed E-state index contributed by atoms with van der Waals surface area (Å²) in [5.74, 6) is -0.231. The molecule has 0 saturated heterocycles. The molecule has 0 spiro atoms. The predicted octanol–water partition coefficient (Wildman–Crippen LogP) is 0.620. The number of carbonyl (C=O) groups is 1. The van der Waals surface area contributed by atoms with Gasteiger partial charge in [0, 0.05) is 0 Å². The van der Waals surface area contributed by atoms with Gasteiger partial charge in [0.15, 0.2) is 5.78 Å². The molecule has 13 heavy (non-hydrogen) atoms. The van der Waals surface area contributed by atoms with Gasteiger partial charge in [-0.25, -0.2) is 0 Å². The molecule has 0 rings (SSSR count). The van der Waals surface area contributed by atoms with Crippen molar-refractivity contribution in [3.8, 4) is 0 Å². The highest BCUT2D eigenvalue weighted by Crippen LogP contribution is 1.93. The minimum atomic E-state index is -0.181. The first-order valence-corrected chi connectivity index (χ1v) is 3.60. The highest BCUT2D eigenvalue weighted by Gasteiger charge is 2.05. The molecule has 6 nitrogen and oxygen atoms in total. The van der Waals surface area contributed by atoms with Gasteiger partial charge in [-0.2, -0.15) is 0 Å². The highest BCUT2D eigenvalue weighted by molar-refractivity contribution is 5.99. The lowest BCUT2D eigenvalue weighted by molar-refractivity contribution is -0.119. The summed E-state index contributed by atoms with van der Waals surface area (Å²) < 4.78 is 4.78. The van der Waals surface area contributed by atoms with E-state index in [0.29, 0.717) is 5.71 Å². The van der Waals surface area contributed by atoms with Crippen LogP contribution >= 0.6 is 0 Å². The zero-order valence-electron chi connectivity index (χ0n) is 7.52. The van der Waals surface area contributed by atoms with Crippen molar-refractivity contribution in [1.82, 2.24) is 0 Å². The lowest BCUT2D eigenvalue weighted by Gasteiger charge is -2.03. The summed E-state index contributed by atoms with van der Waals surface area (Å²) in [7, 11) is 0. The molecule has 0 radical (unpaired) electrons. The highest BCUT2D eigenvalue weighted by atomic mass is 16.5. The van der Waals surface area contributed by atoms with Gasteiger partial charge in [0.2, 0.25) is 5.90 Å². The Morgan fingerprint density at radius 2 is 1.92 bits per heavy atom. The smallest absolute Gasteiger partial charge is 0.231 e. The third-order valence-electron chi connectivity index (χ3n) is 1.13. The monoisotopic (exact) mass is 188 g/mol. The van der Waals surface area contributed by atoms with E-state index >= 15 is 0 Å². The quantitative estimate of drug-likeness (QED) is 0.293. The van der Waals surface area contributed by atoms with E-state index < -0.39 is 0 Å². The number of carbonyl (C=O) groups excluding carboxylic acids is 1. The molecule has 0 amide bonds. The maximum absolute atomic E-state index is 10.5. The average Bonchev–Trinajstić information content (AvgIpc) is 2.11. The fourth-order valence-electron chi connectivity index (χ4n) is 0.554. The average molecular weight is 188 g/mol. The van der Waals surface area contributed by atoms with Crippen molar-refractivity contribution in [3.63, 3.8) is 0 Å². The molecule has 0 aromatic heterocycles. The Morgan fingerprint density at radius 1 is 1.31 bits per heavy atom. The van der Waals surface area contributed by atoms with Gasteiger partial charge in [0.25, 0.3) is 0 Å². The van der Waals surface area contributed by atoms with Crippen molar-refractivity contribution in [3.05, 3.63) is 0 Å². The number of ether oxygens (including phenoxy) is 1. The SMILES string of the molecule is CC(=O)COC(CC(C)=NO)=NO. The standard InChI is InChI=1S/C7H12N2O4/c1-5(8-11)3-7(9-12)13-4-6(2)10/h11-12H,3-4H2,1-2H3. The number of hydrogen-bond donors (Lipinski definition) is 2. The molecule has 0 heterocycles. The van der Waals surface area contributed by atoms with Crippen LogP contribution in [0.4, 0.5) is 0 Å². The molecule has 0 saturated carbocycles. The van der Waals surface area contributed by atoms with Crippen LogP contribution < -0.4 is 0 Å². The Morgan fingerprint density at radius 3 is 2.31 bits per heavy atom. The Labute approximate surface area is 75.5 Å². The van der Waals surface area contributed by atoms with Gasteiger partial charge >= 0.3 is 0 Å². The summed E-state index contributed by atoms with van der Waals surface area (Å²) in [6, 6.07) is 0. The molecule has 0 fully saturated rings. The number of Topliss-reactive ketones (excluding diaryl/α,β-unsaturated/α-hetero) is 1. The van der Waals surface area contributed by atoms with Gasteiger partial charge in [0.05, 0.1) is 12.1 Å². The van der Waals surface area contributed by atoms with Crippen LogP contribution in [0.25, 0.3) is 0 Å². The molecule has 74 valence electrons. The Balaban J connectivity index is 3.99. The Bertz CT molecular complexity index is 235. The van der Waals surface area contributed by atoms with Crippen LogP contribution in [0.3, 0.4) is 0 Å². The van der Waals surface area contributed by atoms with E-state index in [1.165, 1.54) is 13.8 Å². The third kappa shape index (κ3) is 5.66. The number of nitrogens with zero attached hydrogens (tertiary/aromatic N) is 2. The van der Waals surface area contributed by atoms with E-state index in [4.69, 9.17) is 15.2 Å². The molecular weight excluding hydrogens is 176 g/mol. The van der Waals surface area contributed by atoms with Gasteiger partial charge < -0.3 is 15.2 Å². The topological polar surface area (TPSA) is 91.5 Å². The van der Waals surface area contributed by atoms with Crippen LogP contribution in [0, 0.1) is 0 Å². The van der Waals surface area contributed by atoms with Crippen LogP contribution in [0.1, 0.15) is 20.3 Å². The van der Waals surface area contributed by atoms with Crippen molar-refractivity contribution in [1.29, 1.82) is 0 Å². The number of oxime groups is 2. The second-order valence-corrected chi connectivity index (χ2v) is 2.50. The Hall–Kier alpha value is -1.59. The summed E-state index contributed by atoms with van der Waals surface area (Å²) in [6.07, 6.45) is 0.0697. The van der Waals surface area contributed by atoms with E-state index in [1.807, 2.05) is 0 Å². The summed E-state index contributed by atoms with van der Waals surface area (Å²) in [5, 5.41) is 22.3. The molecule has 0 aliphatic carbocycles. The first kappa shape index (κ1) is 11.4. The fourth-order valence-corrected chi connectivity index (χ4v) is 0.554. The van der Waals surface area contributed by atoms with Gasteiger partial charge in [-0.3, -0.25) is 4.79 Å². The summed E-state index contributed by atoms with van der Waals surface area (Å²) in [5.41, 5.74) is 0.330. The lowest BCUT2D eigenvalue weighted by Crippen LogP contribution is -2.14. The zero-order valence-corrected chi connectivity index (χ0v) is 7.52. The van der Waals surface area contributed by atoms with Crippen molar-refractivity contribution < 1.29 is 19.9 Å². The molecule has 0 unspecified atom stereocenters. The number of hydrogen-bond acceptors (Lipinski definition) is 6. The van der Waals surface area contributed by atoms with E-state index in [2.05, 4.69) is 10.3 Å². The largest absolute Gasteiger partial charge is 0.470 e.